The second kappa shape index (κ2) is 6.50. The standard InChI is InChI=1S/C13H23NO2S/c1-10(11-5-6-17-9-11)14-7-12(15)8-16-13(2,3)4/h5-6,9-10,12,14-15H,7-8H2,1-4H3. The zero-order chi connectivity index (χ0) is 12.9. The van der Waals surface area contributed by atoms with E-state index in [1.165, 1.54) is 5.56 Å². The molecule has 0 fully saturated rings. The summed E-state index contributed by atoms with van der Waals surface area (Å²) >= 11 is 1.69. The van der Waals surface area contributed by atoms with Crippen molar-refractivity contribution in [2.45, 2.75) is 45.4 Å². The second-order valence-corrected chi connectivity index (χ2v) is 6.04. The molecule has 2 unspecified atom stereocenters. The summed E-state index contributed by atoms with van der Waals surface area (Å²) in [6.45, 7) is 8.97. The molecule has 0 spiro atoms. The van der Waals surface area contributed by atoms with E-state index in [0.29, 0.717) is 13.2 Å². The maximum atomic E-state index is 9.77. The average molecular weight is 257 g/mol. The summed E-state index contributed by atoms with van der Waals surface area (Å²) in [7, 11) is 0. The molecule has 0 saturated carbocycles. The highest BCUT2D eigenvalue weighted by Crippen LogP contribution is 2.15. The predicted molar refractivity (Wildman–Crippen MR) is 72.4 cm³/mol. The number of hydrogen-bond acceptors (Lipinski definition) is 4. The van der Waals surface area contributed by atoms with Crippen LogP contribution in [0.5, 0.6) is 0 Å². The lowest BCUT2D eigenvalue weighted by molar-refractivity contribution is -0.0482. The maximum Gasteiger partial charge on any atom is 0.0898 e. The molecule has 0 aliphatic rings. The minimum absolute atomic E-state index is 0.194. The summed E-state index contributed by atoms with van der Waals surface area (Å²) in [5, 5.41) is 17.3. The largest absolute Gasteiger partial charge is 0.389 e. The third-order valence-corrected chi connectivity index (χ3v) is 3.11. The normalized spacial score (nSPS) is 15.8. The monoisotopic (exact) mass is 257 g/mol. The molecule has 0 saturated heterocycles. The Balaban J connectivity index is 2.22. The first kappa shape index (κ1) is 14.6. The summed E-state index contributed by atoms with van der Waals surface area (Å²) in [6, 6.07) is 2.37. The number of ether oxygens (including phenoxy) is 1. The van der Waals surface area contributed by atoms with Crippen molar-refractivity contribution in [3.63, 3.8) is 0 Å². The average Bonchev–Trinajstić information content (AvgIpc) is 2.75. The van der Waals surface area contributed by atoms with Crippen molar-refractivity contribution in [3.05, 3.63) is 22.4 Å². The van der Waals surface area contributed by atoms with Gasteiger partial charge in [-0.2, -0.15) is 11.3 Å². The zero-order valence-corrected chi connectivity index (χ0v) is 11.9. The summed E-state index contributed by atoms with van der Waals surface area (Å²) in [5.74, 6) is 0. The van der Waals surface area contributed by atoms with E-state index in [1.807, 2.05) is 20.8 Å². The highest BCUT2D eigenvalue weighted by atomic mass is 32.1. The molecule has 0 aliphatic carbocycles. The van der Waals surface area contributed by atoms with E-state index in [0.717, 1.165) is 0 Å². The molecule has 17 heavy (non-hydrogen) atoms. The molecule has 0 aromatic carbocycles. The molecule has 0 aliphatic heterocycles. The van der Waals surface area contributed by atoms with E-state index >= 15 is 0 Å². The smallest absolute Gasteiger partial charge is 0.0898 e. The fraction of sp³-hybridized carbons (Fsp3) is 0.692. The van der Waals surface area contributed by atoms with E-state index in [-0.39, 0.29) is 11.6 Å². The lowest BCUT2D eigenvalue weighted by Crippen LogP contribution is -2.34. The van der Waals surface area contributed by atoms with Gasteiger partial charge in [0, 0.05) is 12.6 Å². The molecule has 4 heteroatoms. The van der Waals surface area contributed by atoms with E-state index in [4.69, 9.17) is 4.74 Å². The van der Waals surface area contributed by atoms with Gasteiger partial charge in [-0.25, -0.2) is 0 Å². The van der Waals surface area contributed by atoms with Gasteiger partial charge in [0.1, 0.15) is 0 Å². The number of hydrogen-bond donors (Lipinski definition) is 2. The Morgan fingerprint density at radius 3 is 2.71 bits per heavy atom. The van der Waals surface area contributed by atoms with Gasteiger partial charge in [-0.05, 0) is 50.1 Å². The minimum atomic E-state index is -0.463. The van der Waals surface area contributed by atoms with Gasteiger partial charge in [0.05, 0.1) is 18.3 Å². The summed E-state index contributed by atoms with van der Waals surface area (Å²) in [5.41, 5.74) is 1.07. The Labute approximate surface area is 108 Å². The van der Waals surface area contributed by atoms with E-state index in [2.05, 4.69) is 29.1 Å². The van der Waals surface area contributed by atoms with Crippen LogP contribution in [0.15, 0.2) is 16.8 Å². The van der Waals surface area contributed by atoms with Crippen LogP contribution < -0.4 is 5.32 Å². The summed E-state index contributed by atoms with van der Waals surface area (Å²) in [6.07, 6.45) is -0.463. The molecular formula is C13H23NO2S. The quantitative estimate of drug-likeness (QED) is 0.823. The van der Waals surface area contributed by atoms with Gasteiger partial charge in [0.2, 0.25) is 0 Å². The van der Waals surface area contributed by atoms with Crippen LogP contribution in [0.3, 0.4) is 0 Å². The molecule has 0 radical (unpaired) electrons. The third kappa shape index (κ3) is 6.17. The van der Waals surface area contributed by atoms with Crippen molar-refractivity contribution >= 4 is 11.3 Å². The summed E-state index contributed by atoms with van der Waals surface area (Å²) in [4.78, 5) is 0. The van der Waals surface area contributed by atoms with Crippen LogP contribution in [0, 0.1) is 0 Å². The van der Waals surface area contributed by atoms with Crippen LogP contribution in [0.4, 0.5) is 0 Å². The zero-order valence-electron chi connectivity index (χ0n) is 11.1. The highest BCUT2D eigenvalue weighted by molar-refractivity contribution is 7.07. The maximum absolute atomic E-state index is 9.77. The molecule has 1 rings (SSSR count). The first-order chi connectivity index (χ1) is 7.88. The number of thiophene rings is 1. The van der Waals surface area contributed by atoms with Crippen molar-refractivity contribution in [3.8, 4) is 0 Å². The minimum Gasteiger partial charge on any atom is -0.389 e. The SMILES string of the molecule is CC(NCC(O)COC(C)(C)C)c1ccsc1. The van der Waals surface area contributed by atoms with Crippen molar-refractivity contribution in [1.29, 1.82) is 0 Å². The second-order valence-electron chi connectivity index (χ2n) is 5.26. The Hall–Kier alpha value is -0.420. The number of rotatable bonds is 6. The number of aliphatic hydroxyl groups is 1. The van der Waals surface area contributed by atoms with Crippen LogP contribution in [0.2, 0.25) is 0 Å². The molecule has 2 N–H and O–H groups in total. The summed E-state index contributed by atoms with van der Waals surface area (Å²) < 4.78 is 5.53. The van der Waals surface area contributed by atoms with Gasteiger partial charge < -0.3 is 15.2 Å². The molecule has 2 atom stereocenters. The fourth-order valence-electron chi connectivity index (χ4n) is 1.36. The van der Waals surface area contributed by atoms with Gasteiger partial charge in [0.25, 0.3) is 0 Å². The van der Waals surface area contributed by atoms with Crippen molar-refractivity contribution < 1.29 is 9.84 Å². The highest BCUT2D eigenvalue weighted by Gasteiger charge is 2.14. The molecule has 98 valence electrons. The Morgan fingerprint density at radius 1 is 1.47 bits per heavy atom. The van der Waals surface area contributed by atoms with Crippen molar-refractivity contribution in [2.75, 3.05) is 13.2 Å². The van der Waals surface area contributed by atoms with Crippen molar-refractivity contribution in [1.82, 2.24) is 5.32 Å². The van der Waals surface area contributed by atoms with E-state index < -0.39 is 6.10 Å². The number of nitrogens with one attached hydrogen (secondary N) is 1. The van der Waals surface area contributed by atoms with Gasteiger partial charge in [-0.3, -0.25) is 0 Å². The molecular weight excluding hydrogens is 234 g/mol. The lowest BCUT2D eigenvalue weighted by Gasteiger charge is -2.23. The predicted octanol–water partition coefficient (Wildman–Crippen LogP) is 2.57. The van der Waals surface area contributed by atoms with Gasteiger partial charge in [-0.1, -0.05) is 0 Å². The van der Waals surface area contributed by atoms with Gasteiger partial charge in [-0.15, -0.1) is 0 Å². The van der Waals surface area contributed by atoms with Crippen molar-refractivity contribution in [2.24, 2.45) is 0 Å². The molecule has 1 aromatic heterocycles. The molecule has 1 heterocycles. The van der Waals surface area contributed by atoms with Crippen LogP contribution >= 0.6 is 11.3 Å². The Kier molecular flexibility index (Phi) is 5.59. The van der Waals surface area contributed by atoms with Crippen LogP contribution in [0.1, 0.15) is 39.3 Å². The van der Waals surface area contributed by atoms with E-state index in [1.54, 1.807) is 11.3 Å². The lowest BCUT2D eigenvalue weighted by atomic mass is 10.1. The first-order valence-electron chi connectivity index (χ1n) is 5.96. The third-order valence-electron chi connectivity index (χ3n) is 2.41. The Bertz CT molecular complexity index is 306. The van der Waals surface area contributed by atoms with Gasteiger partial charge in [0.15, 0.2) is 0 Å². The Morgan fingerprint density at radius 2 is 2.18 bits per heavy atom. The molecule has 0 amide bonds. The topological polar surface area (TPSA) is 41.5 Å². The van der Waals surface area contributed by atoms with Gasteiger partial charge >= 0.3 is 0 Å². The number of aliphatic hydroxyl groups excluding tert-OH is 1. The van der Waals surface area contributed by atoms with E-state index in [9.17, 15) is 5.11 Å². The van der Waals surface area contributed by atoms with Crippen LogP contribution in [-0.2, 0) is 4.74 Å². The fourth-order valence-corrected chi connectivity index (χ4v) is 2.11. The molecule has 1 aromatic rings. The molecule has 3 nitrogen and oxygen atoms in total. The van der Waals surface area contributed by atoms with Crippen LogP contribution in [-0.4, -0.2) is 30.0 Å². The first-order valence-corrected chi connectivity index (χ1v) is 6.90. The van der Waals surface area contributed by atoms with Crippen LogP contribution in [0.25, 0.3) is 0 Å². The molecule has 0 bridgehead atoms.